The van der Waals surface area contributed by atoms with E-state index in [9.17, 15) is 4.79 Å². The molecule has 3 aromatic rings. The molecule has 0 fully saturated rings. The quantitative estimate of drug-likeness (QED) is 0.518. The molecule has 4 nitrogen and oxygen atoms in total. The van der Waals surface area contributed by atoms with E-state index >= 15 is 0 Å². The number of fused-ring (bicyclic) bond motifs is 2. The SMILES string of the molecule is CCCc1cc(=O)oc2c(C)c3c(cc12)CN(c1ccc(Br)c(C)c1)CO3. The van der Waals surface area contributed by atoms with Gasteiger partial charge in [0.05, 0.1) is 0 Å². The molecule has 2 heterocycles. The van der Waals surface area contributed by atoms with Crippen LogP contribution in [0, 0.1) is 13.8 Å². The van der Waals surface area contributed by atoms with Gasteiger partial charge in [0.15, 0.2) is 6.73 Å². The Morgan fingerprint density at radius 3 is 2.74 bits per heavy atom. The van der Waals surface area contributed by atoms with Crippen molar-refractivity contribution in [3.05, 3.63) is 67.5 Å². The van der Waals surface area contributed by atoms with Crippen LogP contribution >= 0.6 is 15.9 Å². The highest BCUT2D eigenvalue weighted by atomic mass is 79.9. The average molecular weight is 428 g/mol. The van der Waals surface area contributed by atoms with Crippen LogP contribution in [-0.2, 0) is 13.0 Å². The third-order valence-electron chi connectivity index (χ3n) is 5.13. The summed E-state index contributed by atoms with van der Waals surface area (Å²) in [6.45, 7) is 7.41. The van der Waals surface area contributed by atoms with Crippen molar-refractivity contribution in [3.8, 4) is 5.75 Å². The molecular formula is C22H22BrNO3. The van der Waals surface area contributed by atoms with Gasteiger partial charge in [-0.2, -0.15) is 0 Å². The number of halogens is 1. The number of ether oxygens (including phenoxy) is 1. The summed E-state index contributed by atoms with van der Waals surface area (Å²) in [6, 6.07) is 10.1. The zero-order valence-corrected chi connectivity index (χ0v) is 17.4. The molecule has 0 saturated heterocycles. The highest BCUT2D eigenvalue weighted by molar-refractivity contribution is 9.10. The fourth-order valence-corrected chi connectivity index (χ4v) is 4.00. The maximum atomic E-state index is 12.0. The first-order valence-electron chi connectivity index (χ1n) is 9.21. The summed E-state index contributed by atoms with van der Waals surface area (Å²) in [6.07, 6.45) is 1.84. The zero-order chi connectivity index (χ0) is 19.1. The summed E-state index contributed by atoms with van der Waals surface area (Å²) in [5.74, 6) is 0.837. The van der Waals surface area contributed by atoms with E-state index in [2.05, 4.69) is 58.9 Å². The molecule has 0 amide bonds. The second-order valence-corrected chi connectivity index (χ2v) is 7.97. The molecule has 0 N–H and O–H groups in total. The first kappa shape index (κ1) is 18.1. The summed E-state index contributed by atoms with van der Waals surface area (Å²) >= 11 is 3.56. The molecule has 0 radical (unpaired) electrons. The van der Waals surface area contributed by atoms with Gasteiger partial charge in [-0.15, -0.1) is 0 Å². The lowest BCUT2D eigenvalue weighted by atomic mass is 9.98. The fraction of sp³-hybridized carbons (Fsp3) is 0.318. The molecular weight excluding hydrogens is 406 g/mol. The van der Waals surface area contributed by atoms with E-state index in [-0.39, 0.29) is 5.63 Å². The Labute approximate surface area is 166 Å². The van der Waals surface area contributed by atoms with Crippen molar-refractivity contribution >= 4 is 32.6 Å². The smallest absolute Gasteiger partial charge is 0.336 e. The predicted octanol–water partition coefficient (Wildman–Crippen LogP) is 5.48. The number of anilines is 1. The zero-order valence-electron chi connectivity index (χ0n) is 15.8. The largest absolute Gasteiger partial charge is 0.472 e. The van der Waals surface area contributed by atoms with Crippen molar-refractivity contribution in [2.24, 2.45) is 0 Å². The van der Waals surface area contributed by atoms with Gasteiger partial charge in [-0.25, -0.2) is 4.79 Å². The molecule has 27 heavy (non-hydrogen) atoms. The van der Waals surface area contributed by atoms with Crippen molar-refractivity contribution in [3.63, 3.8) is 0 Å². The minimum Gasteiger partial charge on any atom is -0.472 e. The van der Waals surface area contributed by atoms with Crippen molar-refractivity contribution in [2.75, 3.05) is 11.6 Å². The molecule has 5 heteroatoms. The number of aryl methyl sites for hydroxylation is 3. The van der Waals surface area contributed by atoms with Crippen LogP contribution < -0.4 is 15.3 Å². The summed E-state index contributed by atoms with van der Waals surface area (Å²) in [5, 5.41) is 1.02. The van der Waals surface area contributed by atoms with Crippen LogP contribution in [0.5, 0.6) is 5.75 Å². The topological polar surface area (TPSA) is 42.7 Å². The number of nitrogens with zero attached hydrogens (tertiary/aromatic N) is 1. The predicted molar refractivity (Wildman–Crippen MR) is 112 cm³/mol. The summed E-state index contributed by atoms with van der Waals surface area (Å²) in [5.41, 5.74) is 5.76. The van der Waals surface area contributed by atoms with E-state index in [0.29, 0.717) is 12.3 Å². The van der Waals surface area contributed by atoms with Crippen molar-refractivity contribution in [2.45, 2.75) is 40.2 Å². The lowest BCUT2D eigenvalue weighted by molar-refractivity contribution is 0.287. The summed E-state index contributed by atoms with van der Waals surface area (Å²) in [7, 11) is 0. The van der Waals surface area contributed by atoms with Gasteiger partial charge in [0, 0.05) is 39.3 Å². The first-order chi connectivity index (χ1) is 13.0. The molecule has 0 saturated carbocycles. The van der Waals surface area contributed by atoms with Crippen molar-refractivity contribution in [1.29, 1.82) is 0 Å². The minimum absolute atomic E-state index is 0.295. The molecule has 2 aromatic carbocycles. The second-order valence-electron chi connectivity index (χ2n) is 7.11. The fourth-order valence-electron chi connectivity index (χ4n) is 3.75. The minimum atomic E-state index is -0.295. The van der Waals surface area contributed by atoms with E-state index in [1.54, 1.807) is 6.07 Å². The Morgan fingerprint density at radius 1 is 1.19 bits per heavy atom. The van der Waals surface area contributed by atoms with Crippen LogP contribution in [0.3, 0.4) is 0 Å². The second kappa shape index (κ2) is 7.04. The molecule has 0 bridgehead atoms. The van der Waals surface area contributed by atoms with Crippen LogP contribution in [0.15, 0.2) is 44.0 Å². The van der Waals surface area contributed by atoms with Crippen LogP contribution in [-0.4, -0.2) is 6.73 Å². The number of rotatable bonds is 3. The number of benzene rings is 2. The third kappa shape index (κ3) is 3.25. The molecule has 1 aliphatic rings. The van der Waals surface area contributed by atoms with Gasteiger partial charge in [-0.05, 0) is 55.7 Å². The molecule has 0 atom stereocenters. The normalized spacial score (nSPS) is 13.6. The van der Waals surface area contributed by atoms with Crippen molar-refractivity contribution in [1.82, 2.24) is 0 Å². The molecule has 140 valence electrons. The van der Waals surface area contributed by atoms with Crippen molar-refractivity contribution < 1.29 is 9.15 Å². The van der Waals surface area contributed by atoms with E-state index < -0.39 is 0 Å². The van der Waals surface area contributed by atoms with Crippen LogP contribution in [0.2, 0.25) is 0 Å². The summed E-state index contributed by atoms with van der Waals surface area (Å²) in [4.78, 5) is 14.2. The van der Waals surface area contributed by atoms with Gasteiger partial charge in [0.25, 0.3) is 0 Å². The van der Waals surface area contributed by atoms with E-state index in [1.165, 1.54) is 5.56 Å². The van der Waals surface area contributed by atoms with Gasteiger partial charge in [-0.1, -0.05) is 29.3 Å². The molecule has 4 rings (SSSR count). The third-order valence-corrected chi connectivity index (χ3v) is 6.02. The highest BCUT2D eigenvalue weighted by Gasteiger charge is 2.23. The molecule has 0 unspecified atom stereocenters. The maximum absolute atomic E-state index is 12.0. The Balaban J connectivity index is 1.80. The Morgan fingerprint density at radius 2 is 2.00 bits per heavy atom. The lowest BCUT2D eigenvalue weighted by Crippen LogP contribution is -2.32. The molecule has 0 spiro atoms. The van der Waals surface area contributed by atoms with Crippen LogP contribution in [0.25, 0.3) is 11.0 Å². The van der Waals surface area contributed by atoms with Gasteiger partial charge in [0.1, 0.15) is 11.3 Å². The van der Waals surface area contributed by atoms with Crippen LogP contribution in [0.4, 0.5) is 5.69 Å². The number of hydrogen-bond donors (Lipinski definition) is 0. The van der Waals surface area contributed by atoms with Gasteiger partial charge < -0.3 is 14.1 Å². The first-order valence-corrected chi connectivity index (χ1v) is 10.0. The Kier molecular flexibility index (Phi) is 4.72. The molecule has 0 aliphatic carbocycles. The Hall–Kier alpha value is -2.27. The van der Waals surface area contributed by atoms with Gasteiger partial charge in [0.2, 0.25) is 0 Å². The van der Waals surface area contributed by atoms with E-state index in [1.807, 2.05) is 6.92 Å². The van der Waals surface area contributed by atoms with Gasteiger partial charge >= 0.3 is 5.63 Å². The van der Waals surface area contributed by atoms with E-state index in [0.717, 1.165) is 57.4 Å². The Bertz CT molecular complexity index is 1090. The maximum Gasteiger partial charge on any atom is 0.336 e. The standard InChI is InChI=1S/C22H22BrNO3/c1-4-5-15-10-20(25)27-22-14(3)21-16(9-18(15)22)11-24(12-26-21)17-6-7-19(23)13(2)8-17/h6-10H,4-5,11-12H2,1-3H3. The highest BCUT2D eigenvalue weighted by Crippen LogP contribution is 2.37. The molecule has 1 aliphatic heterocycles. The lowest BCUT2D eigenvalue weighted by Gasteiger charge is -2.32. The van der Waals surface area contributed by atoms with E-state index in [4.69, 9.17) is 9.15 Å². The summed E-state index contributed by atoms with van der Waals surface area (Å²) < 4.78 is 12.7. The van der Waals surface area contributed by atoms with Gasteiger partial charge in [-0.3, -0.25) is 0 Å². The average Bonchev–Trinajstić information content (AvgIpc) is 2.65. The monoisotopic (exact) mass is 427 g/mol. The van der Waals surface area contributed by atoms with Crippen LogP contribution in [0.1, 0.15) is 35.6 Å². The molecule has 1 aromatic heterocycles. The number of hydrogen-bond acceptors (Lipinski definition) is 4.